The molecule has 0 aliphatic heterocycles. The maximum Gasteiger partial charge on any atom is 0.266 e. The highest BCUT2D eigenvalue weighted by molar-refractivity contribution is 9.10. The van der Waals surface area contributed by atoms with Crippen LogP contribution in [0.1, 0.15) is 23.6 Å². The first-order valence-corrected chi connectivity index (χ1v) is 11.5. The molecule has 0 unspecified atom stereocenters. The first kappa shape index (κ1) is 25.3. The van der Waals surface area contributed by atoms with Gasteiger partial charge in [-0.3, -0.25) is 4.79 Å². The number of carbonyl (C=O) groups excluding carboxylic acids is 1. The van der Waals surface area contributed by atoms with E-state index in [0.29, 0.717) is 38.9 Å². The molecule has 0 aliphatic rings. The van der Waals surface area contributed by atoms with Gasteiger partial charge in [0.1, 0.15) is 24.1 Å². The van der Waals surface area contributed by atoms with E-state index in [2.05, 4.69) is 21.2 Å². The number of amides is 1. The summed E-state index contributed by atoms with van der Waals surface area (Å²) >= 11 is 9.50. The fraction of sp³-hybridized carbons (Fsp3) is 0.154. The summed E-state index contributed by atoms with van der Waals surface area (Å²) in [6.45, 7) is 4.25. The van der Waals surface area contributed by atoms with Crippen molar-refractivity contribution in [1.82, 2.24) is 0 Å². The van der Waals surface area contributed by atoms with Gasteiger partial charge < -0.3 is 14.8 Å². The summed E-state index contributed by atoms with van der Waals surface area (Å²) in [5.74, 6) is 0.0203. The molecule has 0 atom stereocenters. The summed E-state index contributed by atoms with van der Waals surface area (Å²) in [4.78, 5) is 12.7. The Morgan fingerprint density at radius 3 is 2.59 bits per heavy atom. The van der Waals surface area contributed by atoms with Crippen LogP contribution in [0.15, 0.2) is 64.6 Å². The van der Waals surface area contributed by atoms with E-state index in [1.54, 1.807) is 42.5 Å². The van der Waals surface area contributed by atoms with Crippen LogP contribution in [-0.4, -0.2) is 12.5 Å². The summed E-state index contributed by atoms with van der Waals surface area (Å²) < 4.78 is 25.4. The Balaban J connectivity index is 1.85. The van der Waals surface area contributed by atoms with Crippen LogP contribution in [0.2, 0.25) is 5.02 Å². The quantitative estimate of drug-likeness (QED) is 0.244. The molecule has 0 saturated carbocycles. The zero-order chi connectivity index (χ0) is 24.7. The highest BCUT2D eigenvalue weighted by Crippen LogP contribution is 2.38. The van der Waals surface area contributed by atoms with Crippen molar-refractivity contribution >= 4 is 45.2 Å². The average Bonchev–Trinajstić information content (AvgIpc) is 2.80. The molecule has 174 valence electrons. The van der Waals surface area contributed by atoms with Crippen LogP contribution in [0.5, 0.6) is 11.5 Å². The first-order chi connectivity index (χ1) is 16.3. The van der Waals surface area contributed by atoms with E-state index in [1.165, 1.54) is 18.2 Å². The number of anilines is 1. The number of nitrogens with zero attached hydrogens (tertiary/aromatic N) is 1. The van der Waals surface area contributed by atoms with E-state index in [9.17, 15) is 14.4 Å². The molecule has 3 aromatic rings. The zero-order valence-corrected chi connectivity index (χ0v) is 20.8. The van der Waals surface area contributed by atoms with Gasteiger partial charge in [0.25, 0.3) is 5.91 Å². The van der Waals surface area contributed by atoms with E-state index >= 15 is 0 Å². The third-order valence-electron chi connectivity index (χ3n) is 4.75. The SMILES string of the molecule is CCOc1cc(/C=C(\C#N)C(=O)Nc2cc(Cl)ccc2C)cc(Br)c1OCc1ccc(F)cc1. The van der Waals surface area contributed by atoms with Crippen molar-refractivity contribution in [3.8, 4) is 17.6 Å². The Kier molecular flexibility index (Phi) is 8.69. The van der Waals surface area contributed by atoms with Crippen molar-refractivity contribution in [3.05, 3.63) is 92.2 Å². The van der Waals surface area contributed by atoms with Gasteiger partial charge in [-0.25, -0.2) is 4.39 Å². The summed E-state index contributed by atoms with van der Waals surface area (Å²) in [6.07, 6.45) is 1.46. The smallest absolute Gasteiger partial charge is 0.266 e. The van der Waals surface area contributed by atoms with Gasteiger partial charge in [0, 0.05) is 10.7 Å². The van der Waals surface area contributed by atoms with E-state index in [0.717, 1.165) is 11.1 Å². The van der Waals surface area contributed by atoms with Crippen LogP contribution in [0.3, 0.4) is 0 Å². The van der Waals surface area contributed by atoms with Gasteiger partial charge in [0.2, 0.25) is 0 Å². The fourth-order valence-electron chi connectivity index (χ4n) is 3.04. The second kappa shape index (κ2) is 11.7. The monoisotopic (exact) mass is 542 g/mol. The number of aryl methyl sites for hydroxylation is 1. The number of hydrogen-bond acceptors (Lipinski definition) is 4. The van der Waals surface area contributed by atoms with Crippen molar-refractivity contribution in [2.75, 3.05) is 11.9 Å². The highest BCUT2D eigenvalue weighted by atomic mass is 79.9. The Labute approximate surface area is 210 Å². The van der Waals surface area contributed by atoms with Crippen molar-refractivity contribution < 1.29 is 18.7 Å². The second-order valence-electron chi connectivity index (χ2n) is 7.26. The molecule has 0 aliphatic carbocycles. The molecule has 3 aromatic carbocycles. The van der Waals surface area contributed by atoms with E-state index in [-0.39, 0.29) is 18.0 Å². The van der Waals surface area contributed by atoms with E-state index in [4.69, 9.17) is 21.1 Å². The molecule has 0 spiro atoms. The molecule has 0 radical (unpaired) electrons. The topological polar surface area (TPSA) is 71.3 Å². The zero-order valence-electron chi connectivity index (χ0n) is 18.5. The van der Waals surface area contributed by atoms with Gasteiger partial charge in [-0.05, 0) is 88.9 Å². The molecule has 8 heteroatoms. The van der Waals surface area contributed by atoms with Crippen LogP contribution in [0.4, 0.5) is 10.1 Å². The standard InChI is InChI=1S/C26H21BrClFN2O3/c1-3-33-24-12-18(11-22(27)25(24)34-15-17-5-8-21(29)9-6-17)10-19(14-30)26(32)31-23-13-20(28)7-4-16(23)2/h4-13H,3,15H2,1-2H3,(H,31,32)/b19-10+. The number of nitrogens with one attached hydrogen (secondary N) is 1. The largest absolute Gasteiger partial charge is 0.490 e. The lowest BCUT2D eigenvalue weighted by molar-refractivity contribution is -0.112. The molecule has 1 amide bonds. The molecule has 3 rings (SSSR count). The molecule has 0 saturated heterocycles. The number of nitriles is 1. The van der Waals surface area contributed by atoms with E-state index < -0.39 is 5.91 Å². The minimum absolute atomic E-state index is 0.0892. The molecule has 5 nitrogen and oxygen atoms in total. The molecule has 1 N–H and O–H groups in total. The van der Waals surface area contributed by atoms with Crippen molar-refractivity contribution in [3.63, 3.8) is 0 Å². The van der Waals surface area contributed by atoms with Crippen LogP contribution in [0.25, 0.3) is 6.08 Å². The lowest BCUT2D eigenvalue weighted by Crippen LogP contribution is -2.14. The third-order valence-corrected chi connectivity index (χ3v) is 5.58. The Morgan fingerprint density at radius 2 is 1.91 bits per heavy atom. The molecule has 34 heavy (non-hydrogen) atoms. The molecule has 0 bridgehead atoms. The predicted molar refractivity (Wildman–Crippen MR) is 134 cm³/mol. The summed E-state index contributed by atoms with van der Waals surface area (Å²) in [7, 11) is 0. The Bertz CT molecular complexity index is 1270. The van der Waals surface area contributed by atoms with Crippen LogP contribution >= 0.6 is 27.5 Å². The Hall–Kier alpha value is -3.34. The predicted octanol–water partition coefficient (Wildman–Crippen LogP) is 7.07. The van der Waals surface area contributed by atoms with Crippen molar-refractivity contribution in [2.24, 2.45) is 0 Å². The lowest BCUT2D eigenvalue weighted by atomic mass is 10.1. The molecule has 0 fully saturated rings. The highest BCUT2D eigenvalue weighted by Gasteiger charge is 2.15. The number of rotatable bonds is 8. The average molecular weight is 544 g/mol. The third kappa shape index (κ3) is 6.60. The minimum Gasteiger partial charge on any atom is -0.490 e. The van der Waals surface area contributed by atoms with E-state index in [1.807, 2.05) is 19.9 Å². The Morgan fingerprint density at radius 1 is 1.18 bits per heavy atom. The van der Waals surface area contributed by atoms with Gasteiger partial charge in [-0.1, -0.05) is 29.8 Å². The number of hydrogen-bond donors (Lipinski definition) is 1. The van der Waals surface area contributed by atoms with Gasteiger partial charge in [0.05, 0.1) is 11.1 Å². The lowest BCUT2D eigenvalue weighted by Gasteiger charge is -2.15. The van der Waals surface area contributed by atoms with Gasteiger partial charge >= 0.3 is 0 Å². The summed E-state index contributed by atoms with van der Waals surface area (Å²) in [6, 6.07) is 16.5. The maximum atomic E-state index is 13.1. The van der Waals surface area contributed by atoms with Crippen LogP contribution in [0, 0.1) is 24.1 Å². The minimum atomic E-state index is -0.557. The second-order valence-corrected chi connectivity index (χ2v) is 8.55. The van der Waals surface area contributed by atoms with Gasteiger partial charge in [-0.2, -0.15) is 5.26 Å². The fourth-order valence-corrected chi connectivity index (χ4v) is 3.79. The normalized spacial score (nSPS) is 11.0. The number of carbonyl (C=O) groups is 1. The van der Waals surface area contributed by atoms with Crippen LogP contribution in [-0.2, 0) is 11.4 Å². The van der Waals surface area contributed by atoms with Gasteiger partial charge in [0.15, 0.2) is 11.5 Å². The number of halogens is 3. The first-order valence-electron chi connectivity index (χ1n) is 10.3. The maximum absolute atomic E-state index is 13.1. The van der Waals surface area contributed by atoms with Crippen molar-refractivity contribution in [1.29, 1.82) is 5.26 Å². The number of ether oxygens (including phenoxy) is 2. The van der Waals surface area contributed by atoms with Crippen molar-refractivity contribution in [2.45, 2.75) is 20.5 Å². The van der Waals surface area contributed by atoms with Crippen LogP contribution < -0.4 is 14.8 Å². The molecule has 0 heterocycles. The molecular formula is C26H21BrClFN2O3. The molecular weight excluding hydrogens is 523 g/mol. The summed E-state index contributed by atoms with van der Waals surface area (Å²) in [5.41, 5.74) is 2.62. The number of benzene rings is 3. The summed E-state index contributed by atoms with van der Waals surface area (Å²) in [5, 5.41) is 12.8. The van der Waals surface area contributed by atoms with Gasteiger partial charge in [-0.15, -0.1) is 0 Å². The molecule has 0 aromatic heterocycles.